The van der Waals surface area contributed by atoms with Gasteiger partial charge in [-0.1, -0.05) is 12.1 Å². The minimum atomic E-state index is 0.321. The summed E-state index contributed by atoms with van der Waals surface area (Å²) in [4.78, 5) is 0. The number of benzene rings is 1. The zero-order chi connectivity index (χ0) is 8.27. The number of rotatable bonds is 2. The summed E-state index contributed by atoms with van der Waals surface area (Å²) in [5.74, 6) is 0.321. The van der Waals surface area contributed by atoms with Crippen LogP contribution in [0.1, 0.15) is 5.56 Å². The highest BCUT2D eigenvalue weighted by Crippen LogP contribution is 2.26. The predicted molar refractivity (Wildman–Crippen MR) is 48.6 cm³/mol. The summed E-state index contributed by atoms with van der Waals surface area (Å²) >= 11 is 3.24. The summed E-state index contributed by atoms with van der Waals surface area (Å²) in [7, 11) is 1.85. The molecule has 0 aromatic heterocycles. The van der Waals surface area contributed by atoms with E-state index in [1.54, 1.807) is 0 Å². The van der Waals surface area contributed by atoms with E-state index in [0.717, 1.165) is 10.0 Å². The van der Waals surface area contributed by atoms with E-state index in [1.165, 1.54) is 0 Å². The predicted octanol–water partition coefficient (Wildman–Crippen LogP) is 1.87. The maximum atomic E-state index is 9.44. The van der Waals surface area contributed by atoms with E-state index in [9.17, 15) is 5.11 Å². The Bertz CT molecular complexity index is 250. The normalized spacial score (nSPS) is 10.0. The quantitative estimate of drug-likeness (QED) is 0.790. The van der Waals surface area contributed by atoms with Crippen LogP contribution in [0.3, 0.4) is 0 Å². The van der Waals surface area contributed by atoms with Crippen molar-refractivity contribution in [3.8, 4) is 5.75 Å². The molecule has 0 radical (unpaired) electrons. The van der Waals surface area contributed by atoms with Gasteiger partial charge in [0.05, 0.1) is 4.47 Å². The average molecular weight is 216 g/mol. The minimum Gasteiger partial charge on any atom is -0.506 e. The van der Waals surface area contributed by atoms with Crippen LogP contribution in [0.4, 0.5) is 0 Å². The molecular weight excluding hydrogens is 206 g/mol. The Morgan fingerprint density at radius 2 is 2.27 bits per heavy atom. The molecule has 0 heterocycles. The highest BCUT2D eigenvalue weighted by atomic mass is 79.9. The number of hydrogen-bond acceptors (Lipinski definition) is 2. The third kappa shape index (κ3) is 1.94. The smallest absolute Gasteiger partial charge is 0.134 e. The molecule has 0 aliphatic carbocycles. The van der Waals surface area contributed by atoms with Crippen LogP contribution in [0.15, 0.2) is 22.7 Å². The van der Waals surface area contributed by atoms with Crippen LogP contribution in [-0.2, 0) is 6.54 Å². The Kier molecular flexibility index (Phi) is 2.91. The first-order valence-corrected chi connectivity index (χ1v) is 4.16. The molecule has 1 rings (SSSR count). The van der Waals surface area contributed by atoms with Crippen molar-refractivity contribution in [2.75, 3.05) is 7.05 Å². The number of nitrogens with one attached hydrogen (secondary N) is 1. The topological polar surface area (TPSA) is 32.3 Å². The molecule has 0 saturated carbocycles. The molecule has 11 heavy (non-hydrogen) atoms. The molecule has 0 unspecified atom stereocenters. The van der Waals surface area contributed by atoms with Crippen molar-refractivity contribution in [2.24, 2.45) is 0 Å². The zero-order valence-electron chi connectivity index (χ0n) is 6.26. The summed E-state index contributed by atoms with van der Waals surface area (Å²) < 4.78 is 0.741. The lowest BCUT2D eigenvalue weighted by Gasteiger charge is -2.03. The van der Waals surface area contributed by atoms with Crippen molar-refractivity contribution in [2.45, 2.75) is 6.54 Å². The van der Waals surface area contributed by atoms with Crippen LogP contribution >= 0.6 is 15.9 Å². The Hall–Kier alpha value is -0.540. The summed E-state index contributed by atoms with van der Waals surface area (Å²) in [6.07, 6.45) is 0. The highest BCUT2D eigenvalue weighted by Gasteiger charge is 2.01. The molecule has 1 aromatic rings. The number of aromatic hydroxyl groups is 1. The van der Waals surface area contributed by atoms with Gasteiger partial charge in [-0.3, -0.25) is 0 Å². The molecule has 0 saturated heterocycles. The number of phenolic OH excluding ortho intramolecular Hbond substituents is 1. The molecule has 0 amide bonds. The van der Waals surface area contributed by atoms with Gasteiger partial charge < -0.3 is 10.4 Å². The van der Waals surface area contributed by atoms with Crippen LogP contribution in [0.25, 0.3) is 0 Å². The first-order chi connectivity index (χ1) is 5.25. The second kappa shape index (κ2) is 3.74. The Morgan fingerprint density at radius 3 is 2.91 bits per heavy atom. The summed E-state index contributed by atoms with van der Waals surface area (Å²) in [6.45, 7) is 0.686. The van der Waals surface area contributed by atoms with Crippen LogP contribution in [-0.4, -0.2) is 12.2 Å². The van der Waals surface area contributed by atoms with Crippen LogP contribution in [0.2, 0.25) is 0 Å². The maximum Gasteiger partial charge on any atom is 0.134 e. The van der Waals surface area contributed by atoms with Crippen molar-refractivity contribution in [3.05, 3.63) is 28.2 Å². The lowest BCUT2D eigenvalue weighted by molar-refractivity contribution is 0.462. The van der Waals surface area contributed by atoms with Crippen LogP contribution in [0, 0.1) is 0 Å². The molecular formula is C8H10BrNO. The minimum absolute atomic E-state index is 0.321. The van der Waals surface area contributed by atoms with Gasteiger partial charge in [0, 0.05) is 12.1 Å². The van der Waals surface area contributed by atoms with E-state index in [0.29, 0.717) is 12.3 Å². The third-order valence-electron chi connectivity index (χ3n) is 1.44. The molecule has 0 aliphatic heterocycles. The first kappa shape index (κ1) is 8.56. The van der Waals surface area contributed by atoms with Crippen molar-refractivity contribution in [1.29, 1.82) is 0 Å². The Morgan fingerprint density at radius 1 is 1.55 bits per heavy atom. The average Bonchev–Trinajstić information content (AvgIpc) is 1.99. The van der Waals surface area contributed by atoms with Gasteiger partial charge in [-0.25, -0.2) is 0 Å². The largest absolute Gasteiger partial charge is 0.506 e. The molecule has 0 bridgehead atoms. The molecule has 0 spiro atoms. The van der Waals surface area contributed by atoms with Gasteiger partial charge in [0.2, 0.25) is 0 Å². The lowest BCUT2D eigenvalue weighted by atomic mass is 10.2. The van der Waals surface area contributed by atoms with E-state index in [1.807, 2.05) is 25.2 Å². The lowest BCUT2D eigenvalue weighted by Crippen LogP contribution is -2.04. The SMILES string of the molecule is CNCc1cccc(Br)c1O. The van der Waals surface area contributed by atoms with Crippen LogP contribution < -0.4 is 5.32 Å². The van der Waals surface area contributed by atoms with Crippen molar-refractivity contribution >= 4 is 15.9 Å². The van der Waals surface area contributed by atoms with Crippen LogP contribution in [0.5, 0.6) is 5.75 Å². The monoisotopic (exact) mass is 215 g/mol. The molecule has 0 fully saturated rings. The van der Waals surface area contributed by atoms with E-state index in [4.69, 9.17) is 0 Å². The Labute approximate surface area is 74.4 Å². The maximum absolute atomic E-state index is 9.44. The fourth-order valence-electron chi connectivity index (χ4n) is 0.893. The number of halogens is 1. The molecule has 2 N–H and O–H groups in total. The highest BCUT2D eigenvalue weighted by molar-refractivity contribution is 9.10. The molecule has 60 valence electrons. The molecule has 1 aromatic carbocycles. The second-order valence-electron chi connectivity index (χ2n) is 2.28. The van der Waals surface area contributed by atoms with Gasteiger partial charge in [0.15, 0.2) is 0 Å². The van der Waals surface area contributed by atoms with E-state index in [2.05, 4.69) is 21.2 Å². The number of phenols is 1. The van der Waals surface area contributed by atoms with Crippen molar-refractivity contribution < 1.29 is 5.11 Å². The standard InChI is InChI=1S/C8H10BrNO/c1-10-5-6-3-2-4-7(9)8(6)11/h2-4,10-11H,5H2,1H3. The summed E-state index contributed by atoms with van der Waals surface area (Å²) in [5, 5.41) is 12.4. The Balaban J connectivity index is 2.96. The molecule has 2 nitrogen and oxygen atoms in total. The van der Waals surface area contributed by atoms with Gasteiger partial charge in [0.25, 0.3) is 0 Å². The fraction of sp³-hybridized carbons (Fsp3) is 0.250. The number of para-hydroxylation sites is 1. The van der Waals surface area contributed by atoms with Gasteiger partial charge in [-0.05, 0) is 29.0 Å². The fourth-order valence-corrected chi connectivity index (χ4v) is 1.30. The molecule has 0 atom stereocenters. The van der Waals surface area contributed by atoms with E-state index >= 15 is 0 Å². The van der Waals surface area contributed by atoms with E-state index in [-0.39, 0.29) is 0 Å². The van der Waals surface area contributed by atoms with Gasteiger partial charge >= 0.3 is 0 Å². The van der Waals surface area contributed by atoms with Gasteiger partial charge in [-0.2, -0.15) is 0 Å². The third-order valence-corrected chi connectivity index (χ3v) is 2.08. The van der Waals surface area contributed by atoms with Crippen molar-refractivity contribution in [1.82, 2.24) is 5.32 Å². The van der Waals surface area contributed by atoms with Crippen molar-refractivity contribution in [3.63, 3.8) is 0 Å². The van der Waals surface area contributed by atoms with Gasteiger partial charge in [-0.15, -0.1) is 0 Å². The number of hydrogen-bond donors (Lipinski definition) is 2. The summed E-state index contributed by atoms with van der Waals surface area (Å²) in [5.41, 5.74) is 0.905. The first-order valence-electron chi connectivity index (χ1n) is 3.36. The molecule has 0 aliphatic rings. The second-order valence-corrected chi connectivity index (χ2v) is 3.13. The zero-order valence-corrected chi connectivity index (χ0v) is 7.85. The van der Waals surface area contributed by atoms with E-state index < -0.39 is 0 Å². The van der Waals surface area contributed by atoms with Gasteiger partial charge in [0.1, 0.15) is 5.75 Å². The molecule has 3 heteroatoms. The summed E-state index contributed by atoms with van der Waals surface area (Å²) in [6, 6.07) is 5.60.